The van der Waals surface area contributed by atoms with Gasteiger partial charge in [0.05, 0.1) is 18.3 Å². The molecule has 1 aromatic carbocycles. The van der Waals surface area contributed by atoms with Crippen LogP contribution in [0.15, 0.2) is 18.2 Å². The third kappa shape index (κ3) is 6.18. The van der Waals surface area contributed by atoms with Crippen LogP contribution in [0.2, 0.25) is 5.02 Å². The molecule has 0 aromatic heterocycles. The maximum atomic E-state index is 13.0. The molecule has 20 heavy (non-hydrogen) atoms. The van der Waals surface area contributed by atoms with Gasteiger partial charge < -0.3 is 15.2 Å². The van der Waals surface area contributed by atoms with E-state index in [9.17, 15) is 9.50 Å². The van der Waals surface area contributed by atoms with Crippen LogP contribution in [0.4, 0.5) is 4.39 Å². The molecule has 2 N–H and O–H groups in total. The Labute approximate surface area is 125 Å². The van der Waals surface area contributed by atoms with Gasteiger partial charge >= 0.3 is 0 Å². The third-order valence-electron chi connectivity index (χ3n) is 2.80. The molecule has 5 heteroatoms. The molecule has 2 unspecified atom stereocenters. The Morgan fingerprint density at radius 2 is 2.05 bits per heavy atom. The Hall–Kier alpha value is -0.680. The number of aliphatic hydroxyl groups excluding tert-OH is 1. The fourth-order valence-corrected chi connectivity index (χ4v) is 2.01. The quantitative estimate of drug-likeness (QED) is 0.847. The van der Waals surface area contributed by atoms with Crippen molar-refractivity contribution in [2.45, 2.75) is 45.4 Å². The smallest absolute Gasteiger partial charge is 0.124 e. The number of rotatable bonds is 6. The molecule has 0 spiro atoms. The predicted octanol–water partition coefficient (Wildman–Crippen LogP) is 3.31. The Kier molecular flexibility index (Phi) is 6.40. The largest absolute Gasteiger partial charge is 0.389 e. The highest BCUT2D eigenvalue weighted by molar-refractivity contribution is 6.31. The van der Waals surface area contributed by atoms with Crippen molar-refractivity contribution in [3.8, 4) is 0 Å². The summed E-state index contributed by atoms with van der Waals surface area (Å²) in [6.07, 6.45) is -0.601. The van der Waals surface area contributed by atoms with Crippen molar-refractivity contribution in [3.05, 3.63) is 34.6 Å². The van der Waals surface area contributed by atoms with Gasteiger partial charge in [0.25, 0.3) is 0 Å². The fraction of sp³-hybridized carbons (Fsp3) is 0.600. The lowest BCUT2D eigenvalue weighted by Gasteiger charge is -2.23. The third-order valence-corrected chi connectivity index (χ3v) is 3.12. The minimum absolute atomic E-state index is 0.0765. The van der Waals surface area contributed by atoms with E-state index < -0.39 is 6.10 Å². The van der Waals surface area contributed by atoms with Crippen LogP contribution in [0.1, 0.15) is 39.3 Å². The highest BCUT2D eigenvalue weighted by Gasteiger charge is 2.15. The summed E-state index contributed by atoms with van der Waals surface area (Å²) >= 11 is 5.99. The van der Waals surface area contributed by atoms with Crippen LogP contribution in [0.5, 0.6) is 0 Å². The van der Waals surface area contributed by atoms with Crippen molar-refractivity contribution >= 4 is 11.6 Å². The van der Waals surface area contributed by atoms with Crippen LogP contribution in [0.3, 0.4) is 0 Å². The zero-order chi connectivity index (χ0) is 15.3. The molecule has 0 fully saturated rings. The number of halogens is 2. The molecule has 1 aromatic rings. The molecule has 0 amide bonds. The van der Waals surface area contributed by atoms with Crippen molar-refractivity contribution in [1.82, 2.24) is 5.32 Å². The van der Waals surface area contributed by atoms with Crippen molar-refractivity contribution < 1.29 is 14.2 Å². The molecule has 0 saturated heterocycles. The highest BCUT2D eigenvalue weighted by Crippen LogP contribution is 2.23. The van der Waals surface area contributed by atoms with Crippen LogP contribution >= 0.6 is 11.6 Å². The molecule has 1 rings (SSSR count). The average Bonchev–Trinajstić information content (AvgIpc) is 2.32. The van der Waals surface area contributed by atoms with Crippen LogP contribution in [-0.2, 0) is 4.74 Å². The van der Waals surface area contributed by atoms with Gasteiger partial charge in [0.15, 0.2) is 0 Å². The first-order valence-corrected chi connectivity index (χ1v) is 7.07. The maximum Gasteiger partial charge on any atom is 0.124 e. The van der Waals surface area contributed by atoms with Gasteiger partial charge in [0, 0.05) is 17.6 Å². The topological polar surface area (TPSA) is 41.5 Å². The van der Waals surface area contributed by atoms with Gasteiger partial charge in [-0.3, -0.25) is 0 Å². The summed E-state index contributed by atoms with van der Waals surface area (Å²) in [7, 11) is 0. The zero-order valence-corrected chi connectivity index (χ0v) is 13.2. The van der Waals surface area contributed by atoms with E-state index in [-0.39, 0.29) is 24.1 Å². The van der Waals surface area contributed by atoms with E-state index in [4.69, 9.17) is 16.3 Å². The first-order valence-electron chi connectivity index (χ1n) is 6.69. The molecule has 0 saturated carbocycles. The molecule has 3 nitrogen and oxygen atoms in total. The summed E-state index contributed by atoms with van der Waals surface area (Å²) in [5.74, 6) is -0.357. The number of ether oxygens (including phenoxy) is 1. The van der Waals surface area contributed by atoms with Gasteiger partial charge in [0.2, 0.25) is 0 Å². The molecular formula is C15H23ClFNO2. The molecule has 0 aliphatic carbocycles. The minimum atomic E-state index is -0.601. The number of aliphatic hydroxyl groups is 1. The van der Waals surface area contributed by atoms with Gasteiger partial charge in [-0.1, -0.05) is 17.7 Å². The summed E-state index contributed by atoms with van der Waals surface area (Å²) in [6.45, 7) is 8.37. The first kappa shape index (κ1) is 17.4. The number of nitrogens with one attached hydrogen (secondary N) is 1. The first-order chi connectivity index (χ1) is 9.19. The number of benzene rings is 1. The summed E-state index contributed by atoms with van der Waals surface area (Å²) in [5, 5.41) is 13.4. The molecule has 0 heterocycles. The van der Waals surface area contributed by atoms with Crippen molar-refractivity contribution in [1.29, 1.82) is 0 Å². The Balaban J connectivity index is 2.44. The lowest BCUT2D eigenvalue weighted by Crippen LogP contribution is -2.34. The van der Waals surface area contributed by atoms with E-state index in [0.29, 0.717) is 11.6 Å². The Bertz CT molecular complexity index is 434. The van der Waals surface area contributed by atoms with Gasteiger partial charge in [-0.2, -0.15) is 0 Å². The molecular weight excluding hydrogens is 281 g/mol. The van der Waals surface area contributed by atoms with Gasteiger partial charge in [-0.05, 0) is 45.4 Å². The fourth-order valence-electron chi connectivity index (χ4n) is 1.68. The Morgan fingerprint density at radius 1 is 1.40 bits per heavy atom. The van der Waals surface area contributed by atoms with Crippen LogP contribution in [0.25, 0.3) is 0 Å². The predicted molar refractivity (Wildman–Crippen MR) is 79.5 cm³/mol. The number of hydrogen-bond acceptors (Lipinski definition) is 3. The van der Waals surface area contributed by atoms with E-state index in [1.807, 2.05) is 27.7 Å². The van der Waals surface area contributed by atoms with Crippen LogP contribution in [0, 0.1) is 5.82 Å². The van der Waals surface area contributed by atoms with Crippen molar-refractivity contribution in [3.63, 3.8) is 0 Å². The summed E-state index contributed by atoms with van der Waals surface area (Å²) in [6, 6.07) is 4.23. The average molecular weight is 304 g/mol. The number of hydrogen-bond donors (Lipinski definition) is 2. The van der Waals surface area contributed by atoms with E-state index in [2.05, 4.69) is 5.32 Å². The van der Waals surface area contributed by atoms with Crippen LogP contribution in [-0.4, -0.2) is 30.0 Å². The normalized spacial score (nSPS) is 15.2. The van der Waals surface area contributed by atoms with E-state index >= 15 is 0 Å². The second kappa shape index (κ2) is 7.36. The molecule has 0 aliphatic heterocycles. The van der Waals surface area contributed by atoms with Gasteiger partial charge in [-0.15, -0.1) is 0 Å². The van der Waals surface area contributed by atoms with E-state index in [1.54, 1.807) is 6.07 Å². The second-order valence-electron chi connectivity index (χ2n) is 5.87. The minimum Gasteiger partial charge on any atom is -0.389 e. The summed E-state index contributed by atoms with van der Waals surface area (Å²) in [4.78, 5) is 0. The standard InChI is InChI=1S/C15H23ClFNO2/c1-10(13-6-5-11(17)7-14(13)16)18-8-12(19)9-20-15(2,3)4/h5-7,10,12,18-19H,8-9H2,1-4H3. The van der Waals surface area contributed by atoms with Crippen molar-refractivity contribution in [2.75, 3.05) is 13.2 Å². The van der Waals surface area contributed by atoms with E-state index in [0.717, 1.165) is 5.56 Å². The summed E-state index contributed by atoms with van der Waals surface area (Å²) in [5.41, 5.74) is 0.532. The second-order valence-corrected chi connectivity index (χ2v) is 6.28. The lowest BCUT2D eigenvalue weighted by molar-refractivity contribution is -0.0482. The zero-order valence-electron chi connectivity index (χ0n) is 12.4. The highest BCUT2D eigenvalue weighted by atomic mass is 35.5. The molecule has 0 radical (unpaired) electrons. The molecule has 114 valence electrons. The summed E-state index contributed by atoms with van der Waals surface area (Å²) < 4.78 is 18.5. The van der Waals surface area contributed by atoms with E-state index in [1.165, 1.54) is 12.1 Å². The molecule has 0 bridgehead atoms. The maximum absolute atomic E-state index is 13.0. The lowest BCUT2D eigenvalue weighted by atomic mass is 10.1. The molecule has 2 atom stereocenters. The SMILES string of the molecule is CC(NCC(O)COC(C)(C)C)c1ccc(F)cc1Cl. The van der Waals surface area contributed by atoms with Crippen LogP contribution < -0.4 is 5.32 Å². The van der Waals surface area contributed by atoms with Gasteiger partial charge in [-0.25, -0.2) is 4.39 Å². The Morgan fingerprint density at radius 3 is 2.60 bits per heavy atom. The van der Waals surface area contributed by atoms with Crippen molar-refractivity contribution in [2.24, 2.45) is 0 Å². The van der Waals surface area contributed by atoms with Gasteiger partial charge in [0.1, 0.15) is 5.82 Å². The molecule has 0 aliphatic rings. The monoisotopic (exact) mass is 303 g/mol.